The summed E-state index contributed by atoms with van der Waals surface area (Å²) in [6.07, 6.45) is 0. The normalized spacial score (nSPS) is 10.7. The zero-order valence-corrected chi connectivity index (χ0v) is 83.9. The summed E-state index contributed by atoms with van der Waals surface area (Å²) in [7, 11) is 6.11. The van der Waals surface area contributed by atoms with E-state index in [1.807, 2.05) is 106 Å². The molecule has 17 N–H and O–H groups in total. The van der Waals surface area contributed by atoms with Crippen LogP contribution < -0.4 is 56.1 Å². The van der Waals surface area contributed by atoms with E-state index in [0.29, 0.717) is 23.7 Å². The van der Waals surface area contributed by atoms with E-state index >= 15 is 0 Å². The number of benzene rings is 20. The topological polar surface area (TPSA) is 223 Å². The number of nitrogen functional groups attached to an aromatic ring is 8. The molecule has 0 saturated heterocycles. The maximum atomic E-state index is 6.08. The Morgan fingerprint density at radius 1 is 0.207 bits per heavy atom. The van der Waals surface area contributed by atoms with Crippen LogP contribution in [0.4, 0.5) is 51.2 Å². The molecule has 710 valence electrons. The van der Waals surface area contributed by atoms with Crippen LogP contribution in [0.1, 0.15) is 159 Å². The van der Waals surface area contributed by atoms with Crippen molar-refractivity contribution in [1.29, 1.82) is 0 Å². The van der Waals surface area contributed by atoms with Crippen LogP contribution in [0.5, 0.6) is 0 Å². The molecule has 0 saturated carbocycles. The molecule has 0 aliphatic carbocycles. The molecule has 0 amide bonds. The highest BCUT2D eigenvalue weighted by Crippen LogP contribution is 2.36. The van der Waals surface area contributed by atoms with Crippen LogP contribution in [0, 0.1) is 41.5 Å². The summed E-state index contributed by atoms with van der Waals surface area (Å²) < 4.78 is 0. The number of anilines is 9. The third-order valence-electron chi connectivity index (χ3n) is 25.5. The third kappa shape index (κ3) is 31.2. The Bertz CT molecular complexity index is 6310. The fourth-order valence-corrected chi connectivity index (χ4v) is 16.8. The number of nitrogens with one attached hydrogen (secondary N) is 1. The Morgan fingerprint density at radius 3 is 0.671 bits per heavy atom. The molecule has 0 fully saturated rings. The first-order chi connectivity index (χ1) is 67.6. The van der Waals surface area contributed by atoms with Crippen LogP contribution in [0.25, 0.3) is 53.9 Å². The highest BCUT2D eigenvalue weighted by atomic mass is 15.1. The summed E-state index contributed by atoms with van der Waals surface area (Å²) in [5, 5.41) is 16.3. The van der Waals surface area contributed by atoms with Gasteiger partial charge in [0.15, 0.2) is 0 Å². The van der Waals surface area contributed by atoms with Gasteiger partial charge in [-0.15, -0.1) is 0 Å². The molecule has 0 bridgehead atoms. The van der Waals surface area contributed by atoms with E-state index in [-0.39, 0.29) is 5.92 Å². The van der Waals surface area contributed by atoms with Gasteiger partial charge in [-0.1, -0.05) is 410 Å². The Kier molecular flexibility index (Phi) is 39.4. The minimum atomic E-state index is 0.213. The van der Waals surface area contributed by atoms with Crippen molar-refractivity contribution in [2.45, 2.75) is 112 Å². The maximum absolute atomic E-state index is 6.08. The van der Waals surface area contributed by atoms with Crippen LogP contribution in [0.2, 0.25) is 0 Å². The molecule has 10 nitrogen and oxygen atoms in total. The summed E-state index contributed by atoms with van der Waals surface area (Å²) in [5.74, 6) is 1.70. The van der Waals surface area contributed by atoms with E-state index in [1.165, 1.54) is 132 Å². The minimum Gasteiger partial charge on any atom is -0.399 e. The molecule has 20 aromatic rings. The van der Waals surface area contributed by atoms with Gasteiger partial charge in [-0.3, -0.25) is 0 Å². The molecule has 0 spiro atoms. The Hall–Kier alpha value is -16.1. The van der Waals surface area contributed by atoms with Gasteiger partial charge in [-0.05, 0) is 271 Å². The molecule has 10 heteroatoms. The Balaban J connectivity index is 0.000000150. The lowest BCUT2D eigenvalue weighted by atomic mass is 9.87. The molecule has 140 heavy (non-hydrogen) atoms. The lowest BCUT2D eigenvalue weighted by molar-refractivity contribution is 0.815. The van der Waals surface area contributed by atoms with E-state index in [2.05, 4.69) is 451 Å². The minimum absolute atomic E-state index is 0.213. The monoisotopic (exact) mass is 1840 g/mol. The fourth-order valence-electron chi connectivity index (χ4n) is 16.8. The van der Waals surface area contributed by atoms with Crippen LogP contribution in [-0.4, -0.2) is 21.1 Å². The molecule has 0 heterocycles. The summed E-state index contributed by atoms with van der Waals surface area (Å²) in [6, 6.07) is 154. The van der Waals surface area contributed by atoms with Gasteiger partial charge in [0.25, 0.3) is 0 Å². The third-order valence-corrected chi connectivity index (χ3v) is 25.5. The quantitative estimate of drug-likeness (QED) is 0.0497. The molecule has 20 aromatic carbocycles. The van der Waals surface area contributed by atoms with Crippen LogP contribution in [0.15, 0.2) is 449 Å². The van der Waals surface area contributed by atoms with Crippen molar-refractivity contribution in [3.63, 3.8) is 0 Å². The largest absolute Gasteiger partial charge is 0.399 e. The van der Waals surface area contributed by atoms with Crippen molar-refractivity contribution < 1.29 is 0 Å². The second kappa shape index (κ2) is 52.8. The summed E-state index contributed by atoms with van der Waals surface area (Å²) in [6.45, 7) is 24.4. The average molecular weight is 1840 g/mol. The zero-order chi connectivity index (χ0) is 100.0. The molecule has 0 radical (unpaired) electrons. The van der Waals surface area contributed by atoms with Crippen molar-refractivity contribution in [3.8, 4) is 0 Å². The number of nitrogens with two attached hydrogens (primary N) is 8. The lowest BCUT2D eigenvalue weighted by Crippen LogP contribution is -2.08. The number of nitrogens with zero attached hydrogens (tertiary/aromatic N) is 1. The van der Waals surface area contributed by atoms with Gasteiger partial charge in [0, 0.05) is 101 Å². The van der Waals surface area contributed by atoms with Gasteiger partial charge >= 0.3 is 0 Å². The highest BCUT2D eigenvalue weighted by molar-refractivity contribution is 5.85. The molecule has 0 aromatic heterocycles. The van der Waals surface area contributed by atoms with E-state index in [1.54, 1.807) is 0 Å². The van der Waals surface area contributed by atoms with Gasteiger partial charge < -0.3 is 56.1 Å². The highest BCUT2D eigenvalue weighted by Gasteiger charge is 2.18. The lowest BCUT2D eigenvalue weighted by Gasteiger charge is -2.18. The first kappa shape index (κ1) is 104. The van der Waals surface area contributed by atoms with Crippen LogP contribution >= 0.6 is 0 Å². The number of hydrogen-bond donors (Lipinski definition) is 9. The van der Waals surface area contributed by atoms with E-state index in [0.717, 1.165) is 74.3 Å². The number of fused-ring (bicyclic) bond motifs is 5. The van der Waals surface area contributed by atoms with E-state index in [9.17, 15) is 0 Å². The van der Waals surface area contributed by atoms with E-state index in [4.69, 9.17) is 45.9 Å². The van der Waals surface area contributed by atoms with Crippen molar-refractivity contribution >= 4 is 105 Å². The molecule has 20 rings (SSSR count). The second-order valence-corrected chi connectivity index (χ2v) is 36.2. The van der Waals surface area contributed by atoms with Crippen molar-refractivity contribution in [2.24, 2.45) is 0 Å². The smallest absolute Gasteiger partial charge is 0.0361 e. The standard InChI is InChI=1S/C18H24N2.3C16H20N2.C14H16N2.5C10H8/c1-14(16-7-5-15(6-8-16)13-19-2)17-9-11-18(12-10-17)20(3)4;1-10-8-13(17)4-6-15(10)12(3)16-7-5-14(18)9-11(16)2;1-10-8-13(4-6-15(10)17)12(3)14-5-7-16(18)11(2)9-14;1-10-4-6-15(17)13(8-10)12(3)14-9-11(2)5-7-16(14)18;1-10(11-2-6-13(15)7-3-11)12-4-8-14(16)9-5-12;5*1-2-6-10-8-4-3-7-9(10)5-1/h5-12,14,19H,13H2,1-4H3;3*4-9,12H,17-18H2,1-3H3;2-10H,15-16H2,1H3;5*1-8H. The first-order valence-corrected chi connectivity index (χ1v) is 48.1. The van der Waals surface area contributed by atoms with Crippen LogP contribution in [0.3, 0.4) is 0 Å². The van der Waals surface area contributed by atoms with Gasteiger partial charge in [-0.25, -0.2) is 0 Å². The summed E-state index contributed by atoms with van der Waals surface area (Å²) in [4.78, 5) is 2.13. The van der Waals surface area contributed by atoms with Crippen molar-refractivity contribution in [3.05, 3.63) is 543 Å². The molecule has 1 atom stereocenters. The van der Waals surface area contributed by atoms with Crippen LogP contribution in [-0.2, 0) is 6.54 Å². The van der Waals surface area contributed by atoms with Crippen molar-refractivity contribution in [1.82, 2.24) is 5.32 Å². The average Bonchev–Trinajstić information content (AvgIpc) is 0.818. The molecular weight excluding hydrogens is 1700 g/mol. The summed E-state index contributed by atoms with van der Waals surface area (Å²) in [5.41, 5.74) is 75.9. The number of aryl methyl sites for hydroxylation is 6. The SMILES string of the molecule is CC(c1ccc(N)cc1)c1ccc(N)cc1.CNCc1ccc(C(C)c2ccc(N(C)C)cc2)cc1.Cc1cc(C(C)c2ccc(N)c(C)c2)ccc1N.Cc1cc(N)ccc1C(C)c1ccc(N)cc1C.Cc1ccc(N)c(C(C)c2cc(C)ccc2N)c1.c1ccc2ccccc2c1.c1ccc2ccccc2c1.c1ccc2ccccc2c1.c1ccc2ccccc2c1.c1ccc2ccccc2c1. The van der Waals surface area contributed by atoms with Gasteiger partial charge in [0.2, 0.25) is 0 Å². The fraction of sp³-hybridized carbons (Fsp3) is 0.154. The van der Waals surface area contributed by atoms with Crippen molar-refractivity contribution in [2.75, 3.05) is 71.9 Å². The predicted octanol–water partition coefficient (Wildman–Crippen LogP) is 31.7. The Morgan fingerprint density at radius 2 is 0.429 bits per heavy atom. The van der Waals surface area contributed by atoms with E-state index < -0.39 is 0 Å². The van der Waals surface area contributed by atoms with Gasteiger partial charge in [0.1, 0.15) is 0 Å². The number of rotatable bonds is 13. The predicted molar refractivity (Wildman–Crippen MR) is 613 cm³/mol. The molecule has 0 aliphatic heterocycles. The Labute approximate surface area is 832 Å². The maximum Gasteiger partial charge on any atom is 0.0361 e. The second-order valence-electron chi connectivity index (χ2n) is 36.2. The molecule has 0 aliphatic rings. The molecular formula is C130H140N10. The molecule has 1 unspecified atom stereocenters. The summed E-state index contributed by atoms with van der Waals surface area (Å²) >= 11 is 0. The van der Waals surface area contributed by atoms with Gasteiger partial charge in [-0.2, -0.15) is 0 Å². The number of hydrogen-bond acceptors (Lipinski definition) is 10. The van der Waals surface area contributed by atoms with Gasteiger partial charge in [0.05, 0.1) is 0 Å². The first-order valence-electron chi connectivity index (χ1n) is 48.1. The zero-order valence-electron chi connectivity index (χ0n) is 83.9.